The van der Waals surface area contributed by atoms with Crippen LogP contribution in [-0.4, -0.2) is 75.9 Å². The van der Waals surface area contributed by atoms with E-state index in [0.29, 0.717) is 12.8 Å². The minimum atomic E-state index is -2.17. The molecular formula is C42H76O8Si2. The molecule has 0 amide bonds. The van der Waals surface area contributed by atoms with Crippen LogP contribution in [0.4, 0.5) is 0 Å². The second-order valence-corrected chi connectivity index (χ2v) is 28.7. The first-order valence-electron chi connectivity index (χ1n) is 19.7. The number of rotatable bonds is 13. The molecule has 8 nitrogen and oxygen atoms in total. The maximum absolute atomic E-state index is 13.6. The van der Waals surface area contributed by atoms with Gasteiger partial charge in [0.15, 0.2) is 16.6 Å². The number of carbonyl (C=O) groups excluding carboxylic acids is 2. The van der Waals surface area contributed by atoms with Crippen LogP contribution in [0.25, 0.3) is 0 Å². The molecule has 52 heavy (non-hydrogen) atoms. The lowest BCUT2D eigenvalue weighted by molar-refractivity contribution is -0.151. The van der Waals surface area contributed by atoms with Gasteiger partial charge in [-0.25, -0.2) is 0 Å². The molecule has 1 fully saturated rings. The Bertz CT molecular complexity index is 1270. The van der Waals surface area contributed by atoms with Crippen LogP contribution in [0.5, 0.6) is 0 Å². The van der Waals surface area contributed by atoms with Gasteiger partial charge in [-0.2, -0.15) is 0 Å². The van der Waals surface area contributed by atoms with Gasteiger partial charge in [0.25, 0.3) is 0 Å². The Morgan fingerprint density at radius 3 is 2.13 bits per heavy atom. The monoisotopic (exact) mass is 765 g/mol. The van der Waals surface area contributed by atoms with Crippen molar-refractivity contribution >= 4 is 28.6 Å². The molecule has 2 rings (SSSR count). The van der Waals surface area contributed by atoms with Crippen molar-refractivity contribution in [1.29, 1.82) is 0 Å². The molecule has 0 aromatic rings. The molecule has 2 aliphatic rings. The average molecular weight is 765 g/mol. The number of hydrogen-bond acceptors (Lipinski definition) is 8. The number of esters is 2. The van der Waals surface area contributed by atoms with E-state index >= 15 is 0 Å². The van der Waals surface area contributed by atoms with Crippen LogP contribution >= 0.6 is 0 Å². The Balaban J connectivity index is 2.24. The van der Waals surface area contributed by atoms with Gasteiger partial charge in [0.05, 0.1) is 30.3 Å². The normalized spacial score (nSPS) is 30.4. The number of cyclic esters (lactones) is 1. The van der Waals surface area contributed by atoms with Crippen molar-refractivity contribution < 1.29 is 37.8 Å². The molecule has 0 radical (unpaired) electrons. The van der Waals surface area contributed by atoms with Crippen LogP contribution in [0.2, 0.25) is 36.3 Å². The van der Waals surface area contributed by atoms with E-state index in [4.69, 9.17) is 23.1 Å². The van der Waals surface area contributed by atoms with Crippen molar-refractivity contribution in [1.82, 2.24) is 0 Å². The molecule has 0 spiro atoms. The Hall–Kier alpha value is -1.57. The molecule has 0 aromatic carbocycles. The van der Waals surface area contributed by atoms with E-state index in [1.54, 1.807) is 13.0 Å². The zero-order chi connectivity index (χ0) is 40.0. The quantitative estimate of drug-likeness (QED) is 0.0650. The van der Waals surface area contributed by atoms with E-state index in [-0.39, 0.29) is 70.6 Å². The van der Waals surface area contributed by atoms with Crippen LogP contribution in [0.3, 0.4) is 0 Å². The van der Waals surface area contributed by atoms with Crippen molar-refractivity contribution in [3.8, 4) is 0 Å². The number of hydrogen-bond donors (Lipinski definition) is 1. The fourth-order valence-electron chi connectivity index (χ4n) is 6.41. The highest BCUT2D eigenvalue weighted by molar-refractivity contribution is 6.74. The van der Waals surface area contributed by atoms with Gasteiger partial charge in [0.1, 0.15) is 12.2 Å². The van der Waals surface area contributed by atoms with Crippen LogP contribution < -0.4 is 0 Å². The molecular weight excluding hydrogens is 689 g/mol. The molecule has 2 heterocycles. The smallest absolute Gasteiger partial charge is 0.308 e. The highest BCUT2D eigenvalue weighted by Gasteiger charge is 2.49. The molecule has 0 aliphatic carbocycles. The van der Waals surface area contributed by atoms with E-state index < -0.39 is 34.4 Å². The zero-order valence-corrected chi connectivity index (χ0v) is 37.9. The first-order chi connectivity index (χ1) is 23.6. The largest absolute Gasteiger partial charge is 0.458 e. The Morgan fingerprint density at radius 1 is 1.00 bits per heavy atom. The van der Waals surface area contributed by atoms with Crippen molar-refractivity contribution in [3.63, 3.8) is 0 Å². The Labute approximate surface area is 319 Å². The highest BCUT2D eigenvalue weighted by atomic mass is 28.4. The zero-order valence-electron chi connectivity index (χ0n) is 35.9. The van der Waals surface area contributed by atoms with Crippen LogP contribution in [0.1, 0.15) is 122 Å². The van der Waals surface area contributed by atoms with Crippen molar-refractivity contribution in [2.24, 2.45) is 17.8 Å². The number of allylic oxidation sites excluding steroid dienone is 2. The molecule has 10 atom stereocenters. The summed E-state index contributed by atoms with van der Waals surface area (Å²) in [7, 11) is -4.10. The number of carbonyl (C=O) groups is 2. The van der Waals surface area contributed by atoms with Gasteiger partial charge in [0, 0.05) is 31.3 Å². The van der Waals surface area contributed by atoms with Gasteiger partial charge in [-0.1, -0.05) is 93.5 Å². The molecule has 1 saturated heterocycles. The lowest BCUT2D eigenvalue weighted by Crippen LogP contribution is -2.46. The summed E-state index contributed by atoms with van der Waals surface area (Å²) in [5.41, 5.74) is -0.245. The predicted octanol–water partition coefficient (Wildman–Crippen LogP) is 10.1. The third-order valence-electron chi connectivity index (χ3n) is 12.1. The second kappa shape index (κ2) is 18.4. The lowest BCUT2D eigenvalue weighted by Gasteiger charge is -2.40. The number of epoxide rings is 1. The Kier molecular flexibility index (Phi) is 16.5. The second-order valence-electron chi connectivity index (χ2n) is 19.1. The van der Waals surface area contributed by atoms with Gasteiger partial charge >= 0.3 is 11.9 Å². The molecule has 300 valence electrons. The highest BCUT2D eigenvalue weighted by Crippen LogP contribution is 2.43. The molecule has 0 unspecified atom stereocenters. The first kappa shape index (κ1) is 46.6. The molecule has 0 aromatic heterocycles. The topological polar surface area (TPSA) is 104 Å². The van der Waals surface area contributed by atoms with Gasteiger partial charge in [-0.3, -0.25) is 9.59 Å². The van der Waals surface area contributed by atoms with E-state index in [0.717, 1.165) is 18.4 Å². The summed E-state index contributed by atoms with van der Waals surface area (Å²) in [6, 6.07) is 0. The summed E-state index contributed by atoms with van der Waals surface area (Å²) in [6.45, 7) is 36.0. The maximum atomic E-state index is 13.6. The summed E-state index contributed by atoms with van der Waals surface area (Å²) in [5.74, 6) is -0.540. The van der Waals surface area contributed by atoms with Crippen LogP contribution in [-0.2, 0) is 32.7 Å². The van der Waals surface area contributed by atoms with Gasteiger partial charge in [-0.05, 0) is 86.9 Å². The van der Waals surface area contributed by atoms with Crippen LogP contribution in [0.15, 0.2) is 36.0 Å². The van der Waals surface area contributed by atoms with E-state index in [9.17, 15) is 14.7 Å². The number of aliphatic hydroxyl groups is 1. The third kappa shape index (κ3) is 13.9. The minimum Gasteiger partial charge on any atom is -0.458 e. The predicted molar refractivity (Wildman–Crippen MR) is 217 cm³/mol. The molecule has 0 bridgehead atoms. The summed E-state index contributed by atoms with van der Waals surface area (Å²) in [5, 5.41) is 11.5. The summed E-state index contributed by atoms with van der Waals surface area (Å²) in [6.07, 6.45) is 11.3. The van der Waals surface area contributed by atoms with Crippen LogP contribution in [0, 0.1) is 17.8 Å². The van der Waals surface area contributed by atoms with Gasteiger partial charge < -0.3 is 28.2 Å². The fourth-order valence-corrected chi connectivity index (χ4v) is 9.29. The summed E-state index contributed by atoms with van der Waals surface area (Å²) in [4.78, 5) is 25.6. The SMILES string of the molecule is CC[C@H](O[Si](C)(C)C(C)(C)C)[C@@H](C)[C@H]1O[C@@H]1C[C@@](C)(O)/C=C/C=C(\C)[C@H]1OC(=O)C[C@H](O[Si](C)(C)C(C)(C)C)CC[C@H](C)[C@@H](OC(C)=O)/C=C/[C@@H]1C. The maximum Gasteiger partial charge on any atom is 0.308 e. The van der Waals surface area contributed by atoms with Crippen molar-refractivity contribution in [3.05, 3.63) is 36.0 Å². The summed E-state index contributed by atoms with van der Waals surface area (Å²) >= 11 is 0. The molecule has 2 aliphatic heterocycles. The van der Waals surface area contributed by atoms with Crippen molar-refractivity contribution in [2.75, 3.05) is 0 Å². The minimum absolute atomic E-state index is 0.0129. The van der Waals surface area contributed by atoms with Gasteiger partial charge in [0.2, 0.25) is 0 Å². The van der Waals surface area contributed by atoms with E-state index in [2.05, 4.69) is 88.5 Å². The van der Waals surface area contributed by atoms with E-state index in [1.165, 1.54) is 6.92 Å². The standard InChI is InChI=1S/C42H76O8Si2/c1-18-34(50-52(16,17)41(10,11)12)31(5)39-36(47-39)27-42(13,45)25-19-20-29(3)38-30(4)22-24-35(46-32(6)43)28(2)21-23-33(26-37(44)48-38)49-51(14,15)40(7,8)9/h19-20,22,24-25,28,30-31,33-36,38-39,45H,18,21,23,26-27H2,1-17H3/b24-22+,25-19+,29-20+/t28-,30-,31+,33+,34-,35-,36+,38+,39+,42-/m0/s1. The molecule has 10 heteroatoms. The van der Waals surface area contributed by atoms with Gasteiger partial charge in [-0.15, -0.1) is 0 Å². The van der Waals surface area contributed by atoms with Crippen molar-refractivity contribution in [2.45, 2.75) is 201 Å². The molecule has 0 saturated carbocycles. The Morgan fingerprint density at radius 2 is 1.60 bits per heavy atom. The average Bonchev–Trinajstić information content (AvgIpc) is 3.74. The summed E-state index contributed by atoms with van der Waals surface area (Å²) < 4.78 is 31.6. The molecule has 1 N–H and O–H groups in total. The van der Waals surface area contributed by atoms with E-state index in [1.807, 2.05) is 38.2 Å². The number of ether oxygens (including phenoxy) is 3. The third-order valence-corrected chi connectivity index (χ3v) is 21.1. The first-order valence-corrected chi connectivity index (χ1v) is 25.6. The lowest BCUT2D eigenvalue weighted by atomic mass is 9.91. The fraction of sp³-hybridized carbons (Fsp3) is 0.810.